The van der Waals surface area contributed by atoms with Crippen LogP contribution in [0.2, 0.25) is 0 Å². The molecule has 1 heterocycles. The van der Waals surface area contributed by atoms with Crippen LogP contribution in [0, 0.1) is 0 Å². The summed E-state index contributed by atoms with van der Waals surface area (Å²) in [6.45, 7) is 9.53. The fourth-order valence-corrected chi connectivity index (χ4v) is 2.87. The van der Waals surface area contributed by atoms with Crippen molar-refractivity contribution in [2.45, 2.75) is 51.8 Å². The van der Waals surface area contributed by atoms with E-state index >= 15 is 0 Å². The van der Waals surface area contributed by atoms with Gasteiger partial charge in [-0.2, -0.15) is 0 Å². The summed E-state index contributed by atoms with van der Waals surface area (Å²) < 4.78 is 0. The van der Waals surface area contributed by atoms with Gasteiger partial charge in [-0.1, -0.05) is 38.1 Å². The molecular formula is C17H28N2O. The Bertz CT molecular complexity index is 429. The lowest BCUT2D eigenvalue weighted by Gasteiger charge is -2.32. The molecule has 0 fully saturated rings. The lowest BCUT2D eigenvalue weighted by Crippen LogP contribution is -2.48. The number of β-amino-alcohol motifs (C(OH)–C–C–N with tert-alkyl or cyclic N) is 1. The zero-order valence-corrected chi connectivity index (χ0v) is 13.0. The number of nitrogens with zero attached hydrogens (tertiary/aromatic N) is 1. The Balaban J connectivity index is 1.96. The number of fused-ring (bicyclic) bond motifs is 1. The van der Waals surface area contributed by atoms with Gasteiger partial charge in [0, 0.05) is 25.7 Å². The van der Waals surface area contributed by atoms with Gasteiger partial charge < -0.3 is 10.4 Å². The second kappa shape index (κ2) is 6.70. The molecule has 3 nitrogen and oxygen atoms in total. The number of benzene rings is 1. The first kappa shape index (κ1) is 15.5. The van der Waals surface area contributed by atoms with Gasteiger partial charge >= 0.3 is 0 Å². The van der Waals surface area contributed by atoms with Crippen molar-refractivity contribution in [3.8, 4) is 0 Å². The molecule has 0 saturated carbocycles. The maximum Gasteiger partial charge on any atom is 0.0869 e. The van der Waals surface area contributed by atoms with E-state index in [1.807, 2.05) is 6.92 Å². The molecule has 0 radical (unpaired) electrons. The molecule has 1 aromatic rings. The van der Waals surface area contributed by atoms with Crippen LogP contribution in [0.1, 0.15) is 38.3 Å². The third-order valence-corrected chi connectivity index (χ3v) is 3.89. The largest absolute Gasteiger partial charge is 0.388 e. The fourth-order valence-electron chi connectivity index (χ4n) is 2.87. The molecule has 0 saturated heterocycles. The highest BCUT2D eigenvalue weighted by atomic mass is 16.3. The number of aryl methyl sites for hydroxylation is 1. The molecule has 1 unspecified atom stereocenters. The Morgan fingerprint density at radius 2 is 2.00 bits per heavy atom. The van der Waals surface area contributed by atoms with E-state index in [4.69, 9.17) is 0 Å². The average Bonchev–Trinajstić information content (AvgIpc) is 2.57. The molecule has 0 bridgehead atoms. The summed E-state index contributed by atoms with van der Waals surface area (Å²) in [4.78, 5) is 2.38. The minimum Gasteiger partial charge on any atom is -0.388 e. The molecule has 1 aliphatic heterocycles. The fraction of sp³-hybridized carbons (Fsp3) is 0.647. The Labute approximate surface area is 123 Å². The summed E-state index contributed by atoms with van der Waals surface area (Å²) in [6, 6.07) is 9.09. The Morgan fingerprint density at radius 3 is 2.70 bits per heavy atom. The first-order valence-electron chi connectivity index (χ1n) is 7.71. The third-order valence-electron chi connectivity index (χ3n) is 3.89. The van der Waals surface area contributed by atoms with E-state index in [1.54, 1.807) is 0 Å². The van der Waals surface area contributed by atoms with Crippen molar-refractivity contribution >= 4 is 0 Å². The highest BCUT2D eigenvalue weighted by Crippen LogP contribution is 2.20. The van der Waals surface area contributed by atoms with Gasteiger partial charge in [0.1, 0.15) is 0 Å². The van der Waals surface area contributed by atoms with E-state index in [0.29, 0.717) is 12.6 Å². The minimum atomic E-state index is -0.677. The van der Waals surface area contributed by atoms with E-state index < -0.39 is 5.60 Å². The van der Waals surface area contributed by atoms with E-state index in [0.717, 1.165) is 26.1 Å². The minimum absolute atomic E-state index is 0.409. The number of aliphatic hydroxyl groups is 1. The second-order valence-electron chi connectivity index (χ2n) is 6.62. The van der Waals surface area contributed by atoms with Gasteiger partial charge in [-0.05, 0) is 37.4 Å². The molecule has 0 spiro atoms. The van der Waals surface area contributed by atoms with Crippen LogP contribution in [0.3, 0.4) is 0 Å². The van der Waals surface area contributed by atoms with Crippen molar-refractivity contribution in [2.24, 2.45) is 0 Å². The zero-order chi connectivity index (χ0) is 14.6. The molecular weight excluding hydrogens is 248 g/mol. The maximum atomic E-state index is 10.6. The summed E-state index contributed by atoms with van der Waals surface area (Å²) in [6.07, 6.45) is 2.32. The van der Waals surface area contributed by atoms with Crippen LogP contribution in [0.4, 0.5) is 0 Å². The monoisotopic (exact) mass is 276 g/mol. The van der Waals surface area contributed by atoms with Crippen LogP contribution in [-0.4, -0.2) is 41.3 Å². The molecule has 1 aromatic carbocycles. The van der Waals surface area contributed by atoms with Gasteiger partial charge in [-0.15, -0.1) is 0 Å². The number of hydrogen-bond acceptors (Lipinski definition) is 3. The Kier molecular flexibility index (Phi) is 5.19. The smallest absolute Gasteiger partial charge is 0.0869 e. The Hall–Kier alpha value is -0.900. The summed E-state index contributed by atoms with van der Waals surface area (Å²) in [7, 11) is 0. The summed E-state index contributed by atoms with van der Waals surface area (Å²) in [5.74, 6) is 0. The van der Waals surface area contributed by atoms with Crippen molar-refractivity contribution in [1.82, 2.24) is 10.2 Å². The number of rotatable bonds is 5. The second-order valence-corrected chi connectivity index (χ2v) is 6.62. The van der Waals surface area contributed by atoms with Gasteiger partial charge in [0.05, 0.1) is 5.60 Å². The predicted molar refractivity (Wildman–Crippen MR) is 83.8 cm³/mol. The highest BCUT2D eigenvalue weighted by molar-refractivity contribution is 5.28. The standard InChI is InChI=1S/C17H28N2O/c1-14(2)18-12-17(3,20)13-19-10-6-9-15-7-4-5-8-16(15)11-19/h4-5,7-8,14,18,20H,6,9-13H2,1-3H3. The molecule has 20 heavy (non-hydrogen) atoms. The van der Waals surface area contributed by atoms with Gasteiger partial charge in [-0.3, -0.25) is 4.90 Å². The molecule has 0 aliphatic carbocycles. The first-order chi connectivity index (χ1) is 9.46. The molecule has 3 heteroatoms. The third kappa shape index (κ3) is 4.58. The lowest BCUT2D eigenvalue weighted by molar-refractivity contribution is 0.0166. The zero-order valence-electron chi connectivity index (χ0n) is 13.0. The topological polar surface area (TPSA) is 35.5 Å². The van der Waals surface area contributed by atoms with E-state index in [1.165, 1.54) is 17.5 Å². The van der Waals surface area contributed by atoms with E-state index in [9.17, 15) is 5.11 Å². The molecule has 0 amide bonds. The van der Waals surface area contributed by atoms with Crippen molar-refractivity contribution in [1.29, 1.82) is 0 Å². The average molecular weight is 276 g/mol. The van der Waals surface area contributed by atoms with Crippen LogP contribution in [0.5, 0.6) is 0 Å². The maximum absolute atomic E-state index is 10.6. The van der Waals surface area contributed by atoms with E-state index in [2.05, 4.69) is 48.3 Å². The lowest BCUT2D eigenvalue weighted by atomic mass is 10.0. The quantitative estimate of drug-likeness (QED) is 0.865. The normalized spacial score (nSPS) is 19.4. The highest BCUT2D eigenvalue weighted by Gasteiger charge is 2.25. The van der Waals surface area contributed by atoms with Crippen molar-refractivity contribution < 1.29 is 5.11 Å². The molecule has 1 atom stereocenters. The van der Waals surface area contributed by atoms with Gasteiger partial charge in [0.2, 0.25) is 0 Å². The Morgan fingerprint density at radius 1 is 1.30 bits per heavy atom. The molecule has 1 aliphatic rings. The SMILES string of the molecule is CC(C)NCC(C)(O)CN1CCCc2ccccc2C1. The van der Waals surface area contributed by atoms with Crippen LogP contribution < -0.4 is 5.32 Å². The van der Waals surface area contributed by atoms with Gasteiger partial charge in [0.15, 0.2) is 0 Å². The van der Waals surface area contributed by atoms with Crippen LogP contribution in [-0.2, 0) is 13.0 Å². The first-order valence-corrected chi connectivity index (χ1v) is 7.71. The van der Waals surface area contributed by atoms with Crippen LogP contribution >= 0.6 is 0 Å². The predicted octanol–water partition coefficient (Wildman–Crippen LogP) is 2.18. The summed E-state index contributed by atoms with van der Waals surface area (Å²) >= 11 is 0. The summed E-state index contributed by atoms with van der Waals surface area (Å²) in [5, 5.41) is 13.9. The van der Waals surface area contributed by atoms with Crippen LogP contribution in [0.15, 0.2) is 24.3 Å². The molecule has 112 valence electrons. The number of nitrogens with one attached hydrogen (secondary N) is 1. The molecule has 0 aromatic heterocycles. The van der Waals surface area contributed by atoms with Crippen molar-refractivity contribution in [3.05, 3.63) is 35.4 Å². The van der Waals surface area contributed by atoms with Crippen molar-refractivity contribution in [3.63, 3.8) is 0 Å². The molecule has 2 rings (SSSR count). The van der Waals surface area contributed by atoms with Crippen LogP contribution in [0.25, 0.3) is 0 Å². The van der Waals surface area contributed by atoms with E-state index in [-0.39, 0.29) is 0 Å². The molecule has 2 N–H and O–H groups in total. The van der Waals surface area contributed by atoms with Gasteiger partial charge in [0.25, 0.3) is 0 Å². The van der Waals surface area contributed by atoms with Gasteiger partial charge in [-0.25, -0.2) is 0 Å². The summed E-state index contributed by atoms with van der Waals surface area (Å²) in [5.41, 5.74) is 2.20. The number of hydrogen-bond donors (Lipinski definition) is 2. The van der Waals surface area contributed by atoms with Crippen molar-refractivity contribution in [2.75, 3.05) is 19.6 Å².